The Morgan fingerprint density at radius 2 is 1.73 bits per heavy atom. The van der Waals surface area contributed by atoms with Crippen LogP contribution in [-0.2, 0) is 14.8 Å². The molecule has 0 aliphatic rings. The SMILES string of the molecule is Cc1cc(/C=N/NC(=O)CN(c2cccc(Cl)c2)S(=O)(=O)c2ccccc2)c(C)n1-c1ccc(Br)cc1. The van der Waals surface area contributed by atoms with E-state index in [4.69, 9.17) is 11.6 Å². The summed E-state index contributed by atoms with van der Waals surface area (Å²) in [6.07, 6.45) is 1.55. The predicted molar refractivity (Wildman–Crippen MR) is 151 cm³/mol. The summed E-state index contributed by atoms with van der Waals surface area (Å²) in [6, 6.07) is 24.2. The quantitative estimate of drug-likeness (QED) is 0.204. The second-order valence-electron chi connectivity index (χ2n) is 8.24. The number of benzene rings is 3. The van der Waals surface area contributed by atoms with Crippen molar-refractivity contribution in [2.45, 2.75) is 18.7 Å². The maximum absolute atomic E-state index is 13.4. The van der Waals surface area contributed by atoms with Gasteiger partial charge < -0.3 is 4.57 Å². The van der Waals surface area contributed by atoms with Gasteiger partial charge >= 0.3 is 0 Å². The van der Waals surface area contributed by atoms with Gasteiger partial charge in [-0.25, -0.2) is 13.8 Å². The highest BCUT2D eigenvalue weighted by Gasteiger charge is 2.27. The molecule has 190 valence electrons. The largest absolute Gasteiger partial charge is 0.318 e. The number of carbonyl (C=O) groups is 1. The molecule has 1 N–H and O–H groups in total. The molecule has 0 spiro atoms. The highest BCUT2D eigenvalue weighted by molar-refractivity contribution is 9.10. The van der Waals surface area contributed by atoms with E-state index in [0.717, 1.165) is 31.4 Å². The molecule has 10 heteroatoms. The molecule has 0 fully saturated rings. The van der Waals surface area contributed by atoms with Crippen LogP contribution in [0.4, 0.5) is 5.69 Å². The Bertz CT molecular complexity index is 1550. The second-order valence-corrected chi connectivity index (χ2v) is 11.5. The molecule has 0 aliphatic carbocycles. The van der Waals surface area contributed by atoms with Gasteiger partial charge in [0.2, 0.25) is 0 Å². The molecule has 4 aromatic rings. The highest BCUT2D eigenvalue weighted by atomic mass is 79.9. The summed E-state index contributed by atoms with van der Waals surface area (Å²) < 4.78 is 30.8. The van der Waals surface area contributed by atoms with Crippen molar-refractivity contribution in [1.82, 2.24) is 9.99 Å². The Morgan fingerprint density at radius 3 is 2.41 bits per heavy atom. The Hall–Kier alpha value is -3.40. The van der Waals surface area contributed by atoms with Crippen LogP contribution in [-0.4, -0.2) is 31.7 Å². The molecule has 4 rings (SSSR count). The van der Waals surface area contributed by atoms with Crippen LogP contribution in [0, 0.1) is 13.8 Å². The lowest BCUT2D eigenvalue weighted by Crippen LogP contribution is -2.39. The van der Waals surface area contributed by atoms with Crippen molar-refractivity contribution in [3.63, 3.8) is 0 Å². The van der Waals surface area contributed by atoms with E-state index in [9.17, 15) is 13.2 Å². The molecule has 0 aliphatic heterocycles. The fourth-order valence-electron chi connectivity index (χ4n) is 3.91. The normalized spacial score (nSPS) is 11.6. The number of hydrazone groups is 1. The minimum Gasteiger partial charge on any atom is -0.318 e. The van der Waals surface area contributed by atoms with Gasteiger partial charge in [0.15, 0.2) is 0 Å². The Kier molecular flexibility index (Phi) is 8.16. The summed E-state index contributed by atoms with van der Waals surface area (Å²) in [6.45, 7) is 3.47. The molecule has 0 atom stereocenters. The Labute approximate surface area is 229 Å². The van der Waals surface area contributed by atoms with Crippen LogP contribution < -0.4 is 9.73 Å². The van der Waals surface area contributed by atoms with E-state index in [1.165, 1.54) is 18.2 Å². The molecule has 37 heavy (non-hydrogen) atoms. The number of rotatable bonds is 8. The Balaban J connectivity index is 1.54. The summed E-state index contributed by atoms with van der Waals surface area (Å²) >= 11 is 9.55. The zero-order chi connectivity index (χ0) is 26.6. The molecule has 0 saturated carbocycles. The number of carbonyl (C=O) groups excluding carboxylic acids is 1. The van der Waals surface area contributed by atoms with Crippen LogP contribution in [0.2, 0.25) is 5.02 Å². The van der Waals surface area contributed by atoms with E-state index in [1.807, 2.05) is 44.2 Å². The van der Waals surface area contributed by atoms with Gasteiger partial charge in [-0.1, -0.05) is 51.8 Å². The third-order valence-electron chi connectivity index (χ3n) is 5.66. The first-order chi connectivity index (χ1) is 17.7. The van der Waals surface area contributed by atoms with Crippen molar-refractivity contribution in [1.29, 1.82) is 0 Å². The van der Waals surface area contributed by atoms with Gasteiger partial charge in [0.25, 0.3) is 15.9 Å². The number of halogens is 2. The number of hydrogen-bond acceptors (Lipinski definition) is 4. The smallest absolute Gasteiger partial charge is 0.264 e. The van der Waals surface area contributed by atoms with E-state index in [2.05, 4.69) is 31.0 Å². The number of nitrogens with zero attached hydrogens (tertiary/aromatic N) is 3. The molecule has 3 aromatic carbocycles. The molecule has 1 heterocycles. The van der Waals surface area contributed by atoms with E-state index in [0.29, 0.717) is 5.02 Å². The molecule has 0 bridgehead atoms. The van der Waals surface area contributed by atoms with Crippen molar-refractivity contribution in [2.24, 2.45) is 5.10 Å². The van der Waals surface area contributed by atoms with Gasteiger partial charge in [0.1, 0.15) is 6.54 Å². The second kappa shape index (κ2) is 11.3. The van der Waals surface area contributed by atoms with Gasteiger partial charge in [-0.05, 0) is 74.5 Å². The first kappa shape index (κ1) is 26.7. The summed E-state index contributed by atoms with van der Waals surface area (Å²) in [5.74, 6) is -0.600. The Morgan fingerprint density at radius 1 is 1.03 bits per heavy atom. The average molecular weight is 600 g/mol. The van der Waals surface area contributed by atoms with Crippen LogP contribution in [0.5, 0.6) is 0 Å². The topological polar surface area (TPSA) is 83.8 Å². The van der Waals surface area contributed by atoms with Gasteiger partial charge in [-0.2, -0.15) is 5.10 Å². The van der Waals surface area contributed by atoms with Crippen molar-refractivity contribution < 1.29 is 13.2 Å². The maximum atomic E-state index is 13.4. The number of anilines is 1. The van der Waals surface area contributed by atoms with Crippen LogP contribution in [0.1, 0.15) is 17.0 Å². The third kappa shape index (κ3) is 6.12. The summed E-state index contributed by atoms with van der Waals surface area (Å²) in [5.41, 5.74) is 6.51. The lowest BCUT2D eigenvalue weighted by Gasteiger charge is -2.23. The lowest BCUT2D eigenvalue weighted by molar-refractivity contribution is -0.119. The number of nitrogens with one attached hydrogen (secondary N) is 1. The first-order valence-corrected chi connectivity index (χ1v) is 13.9. The fourth-order valence-corrected chi connectivity index (χ4v) is 5.79. The van der Waals surface area contributed by atoms with E-state index in [-0.39, 0.29) is 10.6 Å². The molecule has 7 nitrogen and oxygen atoms in total. The summed E-state index contributed by atoms with van der Waals surface area (Å²) in [5, 5.41) is 4.44. The predicted octanol–water partition coefficient (Wildman–Crippen LogP) is 5.86. The van der Waals surface area contributed by atoms with Crippen molar-refractivity contribution >= 4 is 55.4 Å². The van der Waals surface area contributed by atoms with E-state index in [1.54, 1.807) is 42.6 Å². The number of amides is 1. The standard InChI is InChI=1S/C27H24BrClN4O3S/c1-19-15-21(20(2)33(19)24-13-11-22(28)12-14-24)17-30-31-27(34)18-32(25-8-6-7-23(29)16-25)37(35,36)26-9-4-3-5-10-26/h3-17H,18H2,1-2H3,(H,31,34)/b30-17+. The molecule has 0 radical (unpaired) electrons. The van der Waals surface area contributed by atoms with E-state index < -0.39 is 22.5 Å². The van der Waals surface area contributed by atoms with Crippen molar-refractivity contribution in [2.75, 3.05) is 10.8 Å². The molecular weight excluding hydrogens is 576 g/mol. The molecule has 1 aromatic heterocycles. The first-order valence-electron chi connectivity index (χ1n) is 11.3. The molecular formula is C27H24BrClN4O3S. The van der Waals surface area contributed by atoms with Crippen LogP contribution in [0.15, 0.2) is 99.4 Å². The minimum atomic E-state index is -4.03. The van der Waals surface area contributed by atoms with Crippen molar-refractivity contribution in [3.05, 3.63) is 111 Å². The van der Waals surface area contributed by atoms with Crippen LogP contribution >= 0.6 is 27.5 Å². The van der Waals surface area contributed by atoms with Crippen LogP contribution in [0.25, 0.3) is 5.69 Å². The number of hydrogen-bond donors (Lipinski definition) is 1. The van der Waals surface area contributed by atoms with Crippen LogP contribution in [0.3, 0.4) is 0 Å². The highest BCUT2D eigenvalue weighted by Crippen LogP contribution is 2.26. The van der Waals surface area contributed by atoms with Gasteiger partial charge in [-0.15, -0.1) is 0 Å². The van der Waals surface area contributed by atoms with Crippen molar-refractivity contribution in [3.8, 4) is 5.69 Å². The third-order valence-corrected chi connectivity index (χ3v) is 8.21. The van der Waals surface area contributed by atoms with Gasteiger partial charge in [0.05, 0.1) is 16.8 Å². The zero-order valence-electron chi connectivity index (χ0n) is 20.1. The van der Waals surface area contributed by atoms with Gasteiger partial charge in [-0.3, -0.25) is 9.10 Å². The molecule has 1 amide bonds. The van der Waals surface area contributed by atoms with Gasteiger partial charge in [0, 0.05) is 32.1 Å². The molecule has 0 saturated heterocycles. The average Bonchev–Trinajstić information content (AvgIpc) is 3.16. The monoisotopic (exact) mass is 598 g/mol. The minimum absolute atomic E-state index is 0.0617. The number of aromatic nitrogens is 1. The zero-order valence-corrected chi connectivity index (χ0v) is 23.3. The number of sulfonamides is 1. The molecule has 0 unspecified atom stereocenters. The van der Waals surface area contributed by atoms with E-state index >= 15 is 0 Å². The fraction of sp³-hybridized carbons (Fsp3) is 0.111. The summed E-state index contributed by atoms with van der Waals surface area (Å²) in [7, 11) is -4.03. The lowest BCUT2D eigenvalue weighted by atomic mass is 10.2. The summed E-state index contributed by atoms with van der Waals surface area (Å²) in [4.78, 5) is 12.9. The number of aryl methyl sites for hydroxylation is 1. The maximum Gasteiger partial charge on any atom is 0.264 e.